The largest absolute Gasteiger partial charge is 0.340 e. The summed E-state index contributed by atoms with van der Waals surface area (Å²) >= 11 is 0. The quantitative estimate of drug-likeness (QED) is 0.582. The molecule has 0 unspecified atom stereocenters. The first-order valence-electron chi connectivity index (χ1n) is 8.24. The van der Waals surface area contributed by atoms with Gasteiger partial charge in [0.1, 0.15) is 5.82 Å². The Bertz CT molecular complexity index is 1230. The van der Waals surface area contributed by atoms with Crippen LogP contribution in [-0.4, -0.2) is 29.6 Å². The Hall–Kier alpha value is -3.32. The molecule has 4 rings (SSSR count). The number of fused-ring (bicyclic) bond motifs is 1. The van der Waals surface area contributed by atoms with Crippen LogP contribution in [0.5, 0.6) is 0 Å². The van der Waals surface area contributed by atoms with E-state index in [-0.39, 0.29) is 4.90 Å². The zero-order chi connectivity index (χ0) is 18.9. The smallest absolute Gasteiger partial charge is 0.175 e. The number of hydrogen-bond acceptors (Lipinski definition) is 6. The number of rotatable bonds is 4. The van der Waals surface area contributed by atoms with Crippen molar-refractivity contribution in [2.45, 2.75) is 4.90 Å². The Kier molecular flexibility index (Phi) is 4.29. The Morgan fingerprint density at radius 1 is 0.926 bits per heavy atom. The second kappa shape index (κ2) is 6.77. The fourth-order valence-corrected chi connectivity index (χ4v) is 3.48. The topological polar surface area (TPSA) is 84.8 Å². The maximum Gasteiger partial charge on any atom is 0.175 e. The van der Waals surface area contributed by atoms with Crippen LogP contribution in [0.15, 0.2) is 78.1 Å². The molecular weight excluding hydrogens is 360 g/mol. The molecule has 7 heteroatoms. The Morgan fingerprint density at radius 2 is 1.74 bits per heavy atom. The van der Waals surface area contributed by atoms with Gasteiger partial charge in [0.25, 0.3) is 0 Å². The van der Waals surface area contributed by atoms with Crippen LogP contribution in [0.2, 0.25) is 0 Å². The molecule has 0 bridgehead atoms. The molecule has 0 amide bonds. The van der Waals surface area contributed by atoms with E-state index in [4.69, 9.17) is 4.98 Å². The Morgan fingerprint density at radius 3 is 2.52 bits per heavy atom. The average molecular weight is 376 g/mol. The van der Waals surface area contributed by atoms with E-state index in [1.165, 1.54) is 6.26 Å². The van der Waals surface area contributed by atoms with Gasteiger partial charge in [0.2, 0.25) is 0 Å². The molecule has 1 aromatic carbocycles. The summed E-state index contributed by atoms with van der Waals surface area (Å²) in [6, 6.07) is 16.1. The first-order valence-corrected chi connectivity index (χ1v) is 10.1. The third kappa shape index (κ3) is 3.63. The van der Waals surface area contributed by atoms with Crippen molar-refractivity contribution in [1.29, 1.82) is 0 Å². The predicted molar refractivity (Wildman–Crippen MR) is 106 cm³/mol. The van der Waals surface area contributed by atoms with Crippen molar-refractivity contribution >= 4 is 32.4 Å². The number of pyridine rings is 3. The van der Waals surface area contributed by atoms with Crippen LogP contribution in [0.4, 0.5) is 11.5 Å². The summed E-state index contributed by atoms with van der Waals surface area (Å²) in [5.74, 6) is 0.608. The van der Waals surface area contributed by atoms with E-state index in [0.29, 0.717) is 11.5 Å². The summed E-state index contributed by atoms with van der Waals surface area (Å²) in [7, 11) is -3.27. The number of benzene rings is 1. The molecule has 6 nitrogen and oxygen atoms in total. The van der Waals surface area contributed by atoms with Gasteiger partial charge in [0.05, 0.1) is 15.9 Å². The zero-order valence-electron chi connectivity index (χ0n) is 14.5. The molecule has 27 heavy (non-hydrogen) atoms. The van der Waals surface area contributed by atoms with Gasteiger partial charge in [-0.3, -0.25) is 9.97 Å². The van der Waals surface area contributed by atoms with Crippen molar-refractivity contribution in [3.63, 3.8) is 0 Å². The number of aromatic nitrogens is 3. The molecule has 0 radical (unpaired) electrons. The first kappa shape index (κ1) is 17.1. The summed E-state index contributed by atoms with van der Waals surface area (Å²) < 4.78 is 23.5. The van der Waals surface area contributed by atoms with E-state index in [1.807, 2.05) is 30.3 Å². The van der Waals surface area contributed by atoms with Crippen molar-refractivity contribution in [2.75, 3.05) is 11.6 Å². The first-order chi connectivity index (χ1) is 13.0. The highest BCUT2D eigenvalue weighted by Crippen LogP contribution is 2.27. The Labute approximate surface area is 156 Å². The normalized spacial score (nSPS) is 11.4. The van der Waals surface area contributed by atoms with Crippen LogP contribution < -0.4 is 5.32 Å². The minimum atomic E-state index is -3.27. The predicted octanol–water partition coefficient (Wildman–Crippen LogP) is 3.84. The SMILES string of the molecule is CS(=O)(=O)c1cccc(Nc2ccc3nccc(-c4ccncc4)c3n2)c1. The molecule has 0 fully saturated rings. The lowest BCUT2D eigenvalue weighted by Crippen LogP contribution is -1.99. The molecule has 3 aromatic heterocycles. The number of sulfone groups is 1. The summed E-state index contributed by atoms with van der Waals surface area (Å²) in [5, 5.41) is 3.17. The van der Waals surface area contributed by atoms with Crippen LogP contribution in [0.25, 0.3) is 22.2 Å². The number of hydrogen-bond donors (Lipinski definition) is 1. The van der Waals surface area contributed by atoms with Crippen molar-refractivity contribution in [2.24, 2.45) is 0 Å². The van der Waals surface area contributed by atoms with Crippen LogP contribution in [0.3, 0.4) is 0 Å². The van der Waals surface area contributed by atoms with Gasteiger partial charge >= 0.3 is 0 Å². The highest BCUT2D eigenvalue weighted by molar-refractivity contribution is 7.90. The Balaban J connectivity index is 1.76. The van der Waals surface area contributed by atoms with E-state index in [2.05, 4.69) is 15.3 Å². The molecule has 0 aliphatic heterocycles. The van der Waals surface area contributed by atoms with Gasteiger partial charge in [-0.1, -0.05) is 6.07 Å². The summed E-state index contributed by atoms with van der Waals surface area (Å²) in [6.07, 6.45) is 6.41. The summed E-state index contributed by atoms with van der Waals surface area (Å²) in [6.45, 7) is 0. The van der Waals surface area contributed by atoms with Gasteiger partial charge in [-0.05, 0) is 54.1 Å². The van der Waals surface area contributed by atoms with Crippen molar-refractivity contribution in [3.05, 3.63) is 73.2 Å². The van der Waals surface area contributed by atoms with E-state index in [9.17, 15) is 8.42 Å². The average Bonchev–Trinajstić information content (AvgIpc) is 2.68. The number of nitrogens with zero attached hydrogens (tertiary/aromatic N) is 3. The molecule has 0 atom stereocenters. The van der Waals surface area contributed by atoms with Gasteiger partial charge < -0.3 is 5.32 Å². The molecule has 3 heterocycles. The minimum absolute atomic E-state index is 0.257. The molecule has 0 aliphatic carbocycles. The maximum absolute atomic E-state index is 11.8. The number of anilines is 2. The van der Waals surface area contributed by atoms with Crippen LogP contribution in [0.1, 0.15) is 0 Å². The van der Waals surface area contributed by atoms with Gasteiger partial charge in [0.15, 0.2) is 9.84 Å². The second-order valence-electron chi connectivity index (χ2n) is 6.08. The fourth-order valence-electron chi connectivity index (χ4n) is 2.81. The minimum Gasteiger partial charge on any atom is -0.340 e. The zero-order valence-corrected chi connectivity index (χ0v) is 15.3. The van der Waals surface area contributed by atoms with E-state index >= 15 is 0 Å². The molecule has 0 aliphatic rings. The highest BCUT2D eigenvalue weighted by atomic mass is 32.2. The van der Waals surface area contributed by atoms with Gasteiger partial charge in [-0.2, -0.15) is 0 Å². The van der Waals surface area contributed by atoms with Crippen LogP contribution in [0, 0.1) is 0 Å². The van der Waals surface area contributed by atoms with Crippen molar-refractivity contribution in [1.82, 2.24) is 15.0 Å². The molecule has 0 saturated heterocycles. The van der Waals surface area contributed by atoms with Gasteiger partial charge in [-0.25, -0.2) is 13.4 Å². The third-order valence-electron chi connectivity index (χ3n) is 4.11. The standard InChI is InChI=1S/C20H16N4O2S/c1-27(25,26)16-4-2-3-15(13-16)23-19-6-5-18-20(24-19)17(9-12-22-18)14-7-10-21-11-8-14/h2-13H,1H3,(H,23,24). The molecule has 0 saturated carbocycles. The fraction of sp³-hybridized carbons (Fsp3) is 0.0500. The molecule has 134 valence electrons. The molecule has 4 aromatic rings. The van der Waals surface area contributed by atoms with E-state index in [1.54, 1.807) is 42.9 Å². The maximum atomic E-state index is 11.8. The summed E-state index contributed by atoms with van der Waals surface area (Å²) in [4.78, 5) is 13.4. The monoisotopic (exact) mass is 376 g/mol. The lowest BCUT2D eigenvalue weighted by molar-refractivity contribution is 0.602. The molecule has 0 spiro atoms. The second-order valence-corrected chi connectivity index (χ2v) is 8.10. The third-order valence-corrected chi connectivity index (χ3v) is 5.22. The van der Waals surface area contributed by atoms with Crippen LogP contribution >= 0.6 is 0 Å². The molecular formula is C20H16N4O2S. The van der Waals surface area contributed by atoms with E-state index < -0.39 is 9.84 Å². The van der Waals surface area contributed by atoms with Gasteiger partial charge in [-0.15, -0.1) is 0 Å². The summed E-state index contributed by atoms with van der Waals surface area (Å²) in [5.41, 5.74) is 4.14. The van der Waals surface area contributed by atoms with E-state index in [0.717, 1.165) is 22.2 Å². The van der Waals surface area contributed by atoms with Gasteiger partial charge in [0, 0.05) is 36.1 Å². The lowest BCUT2D eigenvalue weighted by atomic mass is 10.1. The lowest BCUT2D eigenvalue weighted by Gasteiger charge is -2.10. The van der Waals surface area contributed by atoms with Crippen molar-refractivity contribution in [3.8, 4) is 11.1 Å². The van der Waals surface area contributed by atoms with Crippen molar-refractivity contribution < 1.29 is 8.42 Å². The number of nitrogens with one attached hydrogen (secondary N) is 1. The molecule has 1 N–H and O–H groups in total. The highest BCUT2D eigenvalue weighted by Gasteiger charge is 2.10. The van der Waals surface area contributed by atoms with Crippen LogP contribution in [-0.2, 0) is 9.84 Å².